The van der Waals surface area contributed by atoms with Gasteiger partial charge in [-0.2, -0.15) is 0 Å². The molecule has 2 N–H and O–H groups in total. The first kappa shape index (κ1) is 19.1. The Kier molecular flexibility index (Phi) is 6.24. The van der Waals surface area contributed by atoms with E-state index in [1.165, 1.54) is 0 Å². The summed E-state index contributed by atoms with van der Waals surface area (Å²) in [5, 5.41) is 12.7. The van der Waals surface area contributed by atoms with Crippen molar-refractivity contribution in [1.29, 1.82) is 0 Å². The largest absolute Gasteiger partial charge is 0.396 e. The predicted molar refractivity (Wildman–Crippen MR) is 109 cm³/mol. The van der Waals surface area contributed by atoms with Gasteiger partial charge in [0.05, 0.1) is 12.3 Å². The smallest absolute Gasteiger partial charge is 0.321 e. The monoisotopic (exact) mass is 365 g/mol. The van der Waals surface area contributed by atoms with E-state index in [2.05, 4.69) is 10.3 Å². The molecule has 1 saturated carbocycles. The summed E-state index contributed by atoms with van der Waals surface area (Å²) in [6.45, 7) is 0.715. The van der Waals surface area contributed by atoms with Gasteiger partial charge in [0, 0.05) is 30.9 Å². The summed E-state index contributed by atoms with van der Waals surface area (Å²) < 4.78 is 0. The first-order valence-electron chi connectivity index (χ1n) is 9.42. The Hall–Kier alpha value is -2.66. The maximum atomic E-state index is 12.6. The third kappa shape index (κ3) is 5.17. The number of urea groups is 1. The molecule has 5 heteroatoms. The fraction of sp³-hybridized carbons (Fsp3) is 0.364. The zero-order valence-electron chi connectivity index (χ0n) is 15.8. The van der Waals surface area contributed by atoms with Gasteiger partial charge in [0.25, 0.3) is 0 Å². The average Bonchev–Trinajstić information content (AvgIpc) is 3.16. The van der Waals surface area contributed by atoms with Crippen LogP contribution in [0.2, 0.25) is 0 Å². The minimum Gasteiger partial charge on any atom is -0.396 e. The molecular formula is C22H27N3O2. The van der Waals surface area contributed by atoms with Crippen LogP contribution in [0.1, 0.15) is 36.9 Å². The van der Waals surface area contributed by atoms with Crippen molar-refractivity contribution in [2.45, 2.75) is 25.7 Å². The van der Waals surface area contributed by atoms with Gasteiger partial charge in [-0.25, -0.2) is 4.79 Å². The number of anilines is 1. The zero-order valence-corrected chi connectivity index (χ0v) is 15.8. The number of aliphatic hydroxyl groups excluding tert-OH is 1. The van der Waals surface area contributed by atoms with Crippen molar-refractivity contribution in [3.63, 3.8) is 0 Å². The number of aliphatic hydroxyl groups is 1. The molecule has 0 saturated heterocycles. The van der Waals surface area contributed by atoms with Gasteiger partial charge in [-0.05, 0) is 48.7 Å². The molecule has 0 radical (unpaired) electrons. The summed E-state index contributed by atoms with van der Waals surface area (Å²) in [6, 6.07) is 13.3. The maximum Gasteiger partial charge on any atom is 0.321 e. The molecule has 1 aromatic carbocycles. The second kappa shape index (κ2) is 8.82. The quantitative estimate of drug-likeness (QED) is 0.803. The summed E-state index contributed by atoms with van der Waals surface area (Å²) in [4.78, 5) is 18.5. The number of carbonyl (C=O) groups is 1. The van der Waals surface area contributed by atoms with Gasteiger partial charge >= 0.3 is 6.03 Å². The fourth-order valence-electron chi connectivity index (χ4n) is 3.66. The molecule has 0 bridgehead atoms. The molecule has 2 amide bonds. The van der Waals surface area contributed by atoms with Gasteiger partial charge in [0.15, 0.2) is 0 Å². The van der Waals surface area contributed by atoms with E-state index in [0.29, 0.717) is 6.54 Å². The van der Waals surface area contributed by atoms with Gasteiger partial charge in [-0.3, -0.25) is 4.98 Å². The van der Waals surface area contributed by atoms with E-state index in [4.69, 9.17) is 0 Å². The van der Waals surface area contributed by atoms with Crippen LogP contribution in [-0.4, -0.2) is 41.2 Å². The standard InChI is InChI=1S/C22H27N3O2/c1-25(16-22(17-26)12-3-4-13-22)21(27)24-20-9-6-7-18(15-20)10-11-19-8-2-5-14-23-19/h2,5-11,14-15,26H,3-4,12-13,16-17H2,1H3,(H,24,27)/b11-10+. The number of amides is 2. The topological polar surface area (TPSA) is 65.5 Å². The number of rotatable bonds is 6. The Bertz CT molecular complexity index is 783. The third-order valence-corrected chi connectivity index (χ3v) is 5.19. The zero-order chi connectivity index (χ0) is 19.1. The number of benzene rings is 1. The van der Waals surface area contributed by atoms with Crippen molar-refractivity contribution in [2.24, 2.45) is 5.41 Å². The third-order valence-electron chi connectivity index (χ3n) is 5.19. The lowest BCUT2D eigenvalue weighted by atomic mass is 9.87. The lowest BCUT2D eigenvalue weighted by molar-refractivity contribution is 0.0998. The highest BCUT2D eigenvalue weighted by Crippen LogP contribution is 2.38. The van der Waals surface area contributed by atoms with E-state index in [-0.39, 0.29) is 18.1 Å². The number of hydrogen-bond acceptors (Lipinski definition) is 3. The Labute approximate surface area is 160 Å². The second-order valence-corrected chi connectivity index (χ2v) is 7.36. The van der Waals surface area contributed by atoms with E-state index < -0.39 is 0 Å². The lowest BCUT2D eigenvalue weighted by Gasteiger charge is -2.31. The molecule has 27 heavy (non-hydrogen) atoms. The number of hydrogen-bond donors (Lipinski definition) is 2. The molecule has 2 aromatic rings. The summed E-state index contributed by atoms with van der Waals surface area (Å²) >= 11 is 0. The average molecular weight is 365 g/mol. The van der Waals surface area contributed by atoms with Crippen molar-refractivity contribution in [1.82, 2.24) is 9.88 Å². The molecule has 1 aromatic heterocycles. The van der Waals surface area contributed by atoms with Crippen molar-refractivity contribution in [3.05, 3.63) is 59.9 Å². The Balaban J connectivity index is 1.61. The molecule has 0 unspecified atom stereocenters. The van der Waals surface area contributed by atoms with Crippen molar-refractivity contribution >= 4 is 23.9 Å². The van der Waals surface area contributed by atoms with E-state index in [1.54, 1.807) is 18.1 Å². The minimum atomic E-state index is -0.152. The number of carbonyl (C=O) groups excluding carboxylic acids is 1. The lowest BCUT2D eigenvalue weighted by Crippen LogP contribution is -2.41. The van der Waals surface area contributed by atoms with Gasteiger partial charge in [0.1, 0.15) is 0 Å². The van der Waals surface area contributed by atoms with Crippen molar-refractivity contribution in [2.75, 3.05) is 25.5 Å². The van der Waals surface area contributed by atoms with Crippen molar-refractivity contribution < 1.29 is 9.90 Å². The highest BCUT2D eigenvalue weighted by molar-refractivity contribution is 5.89. The van der Waals surface area contributed by atoms with Crippen LogP contribution >= 0.6 is 0 Å². The van der Waals surface area contributed by atoms with Crippen LogP contribution in [-0.2, 0) is 0 Å². The number of nitrogens with zero attached hydrogens (tertiary/aromatic N) is 2. The Morgan fingerprint density at radius 1 is 1.22 bits per heavy atom. The maximum absolute atomic E-state index is 12.6. The van der Waals surface area contributed by atoms with Gasteiger partial charge in [-0.1, -0.05) is 37.1 Å². The normalized spacial score (nSPS) is 15.8. The van der Waals surface area contributed by atoms with Crippen molar-refractivity contribution in [3.8, 4) is 0 Å². The second-order valence-electron chi connectivity index (χ2n) is 7.36. The van der Waals surface area contributed by atoms with E-state index in [1.807, 2.05) is 54.6 Å². The molecule has 0 spiro atoms. The van der Waals surface area contributed by atoms with E-state index in [0.717, 1.165) is 42.6 Å². The molecule has 0 aliphatic heterocycles. The molecule has 1 heterocycles. The highest BCUT2D eigenvalue weighted by atomic mass is 16.3. The van der Waals surface area contributed by atoms with Crippen LogP contribution in [0.5, 0.6) is 0 Å². The molecule has 142 valence electrons. The van der Waals surface area contributed by atoms with Gasteiger partial charge in [0.2, 0.25) is 0 Å². The SMILES string of the molecule is CN(CC1(CO)CCCC1)C(=O)Nc1cccc(/C=C/c2ccccn2)c1. The van der Waals surface area contributed by atoms with Gasteiger partial charge in [-0.15, -0.1) is 0 Å². The van der Waals surface area contributed by atoms with Crippen LogP contribution in [0.15, 0.2) is 48.7 Å². The van der Waals surface area contributed by atoms with E-state index in [9.17, 15) is 9.90 Å². The van der Waals surface area contributed by atoms with E-state index >= 15 is 0 Å². The summed E-state index contributed by atoms with van der Waals surface area (Å²) in [5.74, 6) is 0. The Morgan fingerprint density at radius 2 is 2.04 bits per heavy atom. The molecule has 1 fully saturated rings. The molecule has 1 aliphatic rings. The first-order chi connectivity index (χ1) is 13.1. The van der Waals surface area contributed by atoms with Crippen LogP contribution in [0.25, 0.3) is 12.2 Å². The highest BCUT2D eigenvalue weighted by Gasteiger charge is 2.35. The molecule has 0 atom stereocenters. The predicted octanol–water partition coefficient (Wildman–Crippen LogP) is 4.27. The van der Waals surface area contributed by atoms with Crippen LogP contribution in [0, 0.1) is 5.41 Å². The first-order valence-corrected chi connectivity index (χ1v) is 9.42. The fourth-order valence-corrected chi connectivity index (χ4v) is 3.66. The molecule has 5 nitrogen and oxygen atoms in total. The summed E-state index contributed by atoms with van der Waals surface area (Å²) in [5.41, 5.74) is 2.49. The number of aromatic nitrogens is 1. The Morgan fingerprint density at radius 3 is 2.74 bits per heavy atom. The summed E-state index contributed by atoms with van der Waals surface area (Å²) in [6.07, 6.45) is 9.89. The summed E-state index contributed by atoms with van der Waals surface area (Å²) in [7, 11) is 1.79. The minimum absolute atomic E-state index is 0.137. The van der Waals surface area contributed by atoms with Crippen LogP contribution in [0.4, 0.5) is 10.5 Å². The number of nitrogens with one attached hydrogen (secondary N) is 1. The van der Waals surface area contributed by atoms with Crippen LogP contribution in [0.3, 0.4) is 0 Å². The number of pyridine rings is 1. The molecule has 3 rings (SSSR count). The van der Waals surface area contributed by atoms with Crippen LogP contribution < -0.4 is 5.32 Å². The molecular weight excluding hydrogens is 338 g/mol. The van der Waals surface area contributed by atoms with Gasteiger partial charge < -0.3 is 15.3 Å². The molecule has 1 aliphatic carbocycles.